The number of fused-ring (bicyclic) bond motifs is 1. The molecular weight excluding hydrogens is 380 g/mol. The number of carboxylic acids is 1. The molecule has 4 aromatic rings. The monoisotopic (exact) mass is 394 g/mol. The number of ether oxygens (including phenoxy) is 2. The van der Waals surface area contributed by atoms with Crippen LogP contribution >= 0.6 is 11.6 Å². The number of imidazole rings is 1. The molecule has 0 saturated carbocycles. The Morgan fingerprint density at radius 3 is 2.50 bits per heavy atom. The molecule has 0 bridgehead atoms. The standard InChI is InChI=1S/C21H15ClN2O4/c1-27-19-11-15(7-8-16(19)22)28-14-5-2-12(3-6-14)20-23-17-9-4-13(21(25)26)10-18(17)24-20/h2-11H,1H3,(H,23,24)(H,25,26). The molecule has 0 fully saturated rings. The van der Waals surface area contributed by atoms with E-state index in [0.29, 0.717) is 33.6 Å². The van der Waals surface area contributed by atoms with Gasteiger partial charge in [0, 0.05) is 11.6 Å². The van der Waals surface area contributed by atoms with Crippen LogP contribution in [0.1, 0.15) is 10.4 Å². The van der Waals surface area contributed by atoms with Gasteiger partial charge in [0.05, 0.1) is 28.7 Å². The molecule has 2 N–H and O–H groups in total. The van der Waals surface area contributed by atoms with E-state index in [1.807, 2.05) is 24.3 Å². The molecule has 1 aromatic heterocycles. The van der Waals surface area contributed by atoms with Gasteiger partial charge in [-0.25, -0.2) is 9.78 Å². The Hall–Kier alpha value is -3.51. The van der Waals surface area contributed by atoms with Gasteiger partial charge in [0.1, 0.15) is 23.1 Å². The van der Waals surface area contributed by atoms with E-state index < -0.39 is 5.97 Å². The lowest BCUT2D eigenvalue weighted by atomic mass is 10.2. The van der Waals surface area contributed by atoms with Crippen LogP contribution in [0.2, 0.25) is 5.02 Å². The molecule has 0 unspecified atom stereocenters. The average molecular weight is 395 g/mol. The van der Waals surface area contributed by atoms with Gasteiger partial charge in [-0.1, -0.05) is 11.6 Å². The zero-order valence-corrected chi connectivity index (χ0v) is 15.5. The van der Waals surface area contributed by atoms with Crippen molar-refractivity contribution in [3.63, 3.8) is 0 Å². The second-order valence-corrected chi connectivity index (χ2v) is 6.45. The number of H-pyrrole nitrogens is 1. The zero-order valence-electron chi connectivity index (χ0n) is 14.8. The van der Waals surface area contributed by atoms with Gasteiger partial charge in [0.2, 0.25) is 0 Å². The van der Waals surface area contributed by atoms with Crippen LogP contribution in [0.5, 0.6) is 17.2 Å². The zero-order chi connectivity index (χ0) is 19.7. The summed E-state index contributed by atoms with van der Waals surface area (Å²) in [5, 5.41) is 9.62. The molecule has 0 atom stereocenters. The molecule has 4 rings (SSSR count). The van der Waals surface area contributed by atoms with Gasteiger partial charge in [-0.2, -0.15) is 0 Å². The molecule has 0 aliphatic carbocycles. The number of hydrogen-bond acceptors (Lipinski definition) is 4. The van der Waals surface area contributed by atoms with E-state index in [0.717, 1.165) is 11.1 Å². The quantitative estimate of drug-likeness (QED) is 0.474. The third-order valence-corrected chi connectivity index (χ3v) is 4.53. The summed E-state index contributed by atoms with van der Waals surface area (Å²) >= 11 is 6.02. The van der Waals surface area contributed by atoms with E-state index in [2.05, 4.69) is 9.97 Å². The van der Waals surface area contributed by atoms with Gasteiger partial charge < -0.3 is 19.6 Å². The number of aromatic amines is 1. The first kappa shape index (κ1) is 17.9. The second kappa shape index (κ2) is 7.25. The number of rotatable bonds is 5. The Labute approximate surface area is 165 Å². The lowest BCUT2D eigenvalue weighted by molar-refractivity contribution is 0.0697. The first-order chi connectivity index (χ1) is 13.5. The van der Waals surface area contributed by atoms with E-state index in [9.17, 15) is 4.79 Å². The number of carbonyl (C=O) groups is 1. The van der Waals surface area contributed by atoms with E-state index in [1.165, 1.54) is 0 Å². The predicted octanol–water partition coefficient (Wildman–Crippen LogP) is 5.38. The molecule has 0 radical (unpaired) electrons. The number of nitrogens with one attached hydrogen (secondary N) is 1. The van der Waals surface area contributed by atoms with Gasteiger partial charge >= 0.3 is 5.97 Å². The Morgan fingerprint density at radius 2 is 1.79 bits per heavy atom. The third kappa shape index (κ3) is 3.50. The van der Waals surface area contributed by atoms with Gasteiger partial charge in [-0.15, -0.1) is 0 Å². The number of aromatic carboxylic acids is 1. The highest BCUT2D eigenvalue weighted by Gasteiger charge is 2.10. The first-order valence-electron chi connectivity index (χ1n) is 8.38. The SMILES string of the molecule is COc1cc(Oc2ccc(-c3nc4cc(C(=O)O)ccc4[nH]3)cc2)ccc1Cl. The second-order valence-electron chi connectivity index (χ2n) is 6.05. The van der Waals surface area contributed by atoms with Crippen LogP contribution in [-0.2, 0) is 0 Å². The smallest absolute Gasteiger partial charge is 0.335 e. The molecule has 0 saturated heterocycles. The minimum absolute atomic E-state index is 0.202. The molecule has 0 aliphatic heterocycles. The predicted molar refractivity (Wildman–Crippen MR) is 107 cm³/mol. The molecule has 0 amide bonds. The van der Waals surface area contributed by atoms with Crippen molar-refractivity contribution in [3.05, 3.63) is 71.2 Å². The van der Waals surface area contributed by atoms with Crippen molar-refractivity contribution in [2.75, 3.05) is 7.11 Å². The van der Waals surface area contributed by atoms with E-state index >= 15 is 0 Å². The summed E-state index contributed by atoms with van der Waals surface area (Å²) in [7, 11) is 1.55. The molecule has 6 nitrogen and oxygen atoms in total. The van der Waals surface area contributed by atoms with Gasteiger partial charge in [-0.3, -0.25) is 0 Å². The topological polar surface area (TPSA) is 84.4 Å². The van der Waals surface area contributed by atoms with Crippen LogP contribution in [0.15, 0.2) is 60.7 Å². The van der Waals surface area contributed by atoms with E-state index in [4.69, 9.17) is 26.2 Å². The Kier molecular flexibility index (Phi) is 4.63. The lowest BCUT2D eigenvalue weighted by Gasteiger charge is -2.09. The van der Waals surface area contributed by atoms with Crippen LogP contribution in [0.4, 0.5) is 0 Å². The number of benzene rings is 3. The van der Waals surface area contributed by atoms with Crippen LogP contribution in [0, 0.1) is 0 Å². The molecule has 3 aromatic carbocycles. The average Bonchev–Trinajstić information content (AvgIpc) is 3.13. The van der Waals surface area contributed by atoms with Crippen LogP contribution in [-0.4, -0.2) is 28.2 Å². The molecule has 0 aliphatic rings. The number of nitrogens with zero attached hydrogens (tertiary/aromatic N) is 1. The number of halogens is 1. The van der Waals surface area contributed by atoms with Gasteiger partial charge in [0.15, 0.2) is 0 Å². The summed E-state index contributed by atoms with van der Waals surface area (Å²) in [5.41, 5.74) is 2.43. The largest absolute Gasteiger partial charge is 0.495 e. The van der Waals surface area contributed by atoms with Crippen LogP contribution < -0.4 is 9.47 Å². The Bertz CT molecular complexity index is 1170. The fourth-order valence-electron chi connectivity index (χ4n) is 2.80. The number of carboxylic acid groups (broad SMARTS) is 1. The normalized spacial score (nSPS) is 10.8. The van der Waals surface area contributed by atoms with Crippen molar-refractivity contribution < 1.29 is 19.4 Å². The highest BCUT2D eigenvalue weighted by molar-refractivity contribution is 6.32. The molecule has 1 heterocycles. The summed E-state index contributed by atoms with van der Waals surface area (Å²) < 4.78 is 11.0. The summed E-state index contributed by atoms with van der Waals surface area (Å²) in [4.78, 5) is 18.8. The Balaban J connectivity index is 1.57. The Morgan fingerprint density at radius 1 is 1.04 bits per heavy atom. The maximum Gasteiger partial charge on any atom is 0.335 e. The highest BCUT2D eigenvalue weighted by Crippen LogP contribution is 2.32. The summed E-state index contributed by atoms with van der Waals surface area (Å²) in [6.07, 6.45) is 0. The van der Waals surface area contributed by atoms with Crippen molar-refractivity contribution in [3.8, 4) is 28.6 Å². The summed E-state index contributed by atoms with van der Waals surface area (Å²) in [6, 6.07) is 17.4. The van der Waals surface area contributed by atoms with Crippen LogP contribution in [0.3, 0.4) is 0 Å². The first-order valence-corrected chi connectivity index (χ1v) is 8.76. The molecular formula is C21H15ClN2O4. The number of aromatic nitrogens is 2. The fourth-order valence-corrected chi connectivity index (χ4v) is 2.99. The highest BCUT2D eigenvalue weighted by atomic mass is 35.5. The third-order valence-electron chi connectivity index (χ3n) is 4.22. The maximum absolute atomic E-state index is 11.1. The molecule has 140 valence electrons. The summed E-state index contributed by atoms with van der Waals surface area (Å²) in [6.45, 7) is 0. The van der Waals surface area contributed by atoms with Crippen molar-refractivity contribution in [2.24, 2.45) is 0 Å². The van der Waals surface area contributed by atoms with E-state index in [-0.39, 0.29) is 5.56 Å². The minimum atomic E-state index is -0.980. The maximum atomic E-state index is 11.1. The van der Waals surface area contributed by atoms with Crippen molar-refractivity contribution in [1.29, 1.82) is 0 Å². The van der Waals surface area contributed by atoms with Crippen molar-refractivity contribution >= 4 is 28.6 Å². The van der Waals surface area contributed by atoms with Crippen LogP contribution in [0.25, 0.3) is 22.4 Å². The van der Waals surface area contributed by atoms with Gasteiger partial charge in [-0.05, 0) is 54.6 Å². The number of methoxy groups -OCH3 is 1. The number of hydrogen-bond donors (Lipinski definition) is 2. The molecule has 7 heteroatoms. The fraction of sp³-hybridized carbons (Fsp3) is 0.0476. The minimum Gasteiger partial charge on any atom is -0.495 e. The molecule has 28 heavy (non-hydrogen) atoms. The van der Waals surface area contributed by atoms with Crippen molar-refractivity contribution in [1.82, 2.24) is 9.97 Å². The van der Waals surface area contributed by atoms with E-state index in [1.54, 1.807) is 43.5 Å². The molecule has 0 spiro atoms. The van der Waals surface area contributed by atoms with Gasteiger partial charge in [0.25, 0.3) is 0 Å². The lowest BCUT2D eigenvalue weighted by Crippen LogP contribution is -1.94. The van der Waals surface area contributed by atoms with Crippen molar-refractivity contribution in [2.45, 2.75) is 0 Å². The summed E-state index contributed by atoms with van der Waals surface area (Å²) in [5.74, 6) is 1.47.